The molecule has 0 aliphatic rings. The Labute approximate surface area is 103 Å². The van der Waals surface area contributed by atoms with Gasteiger partial charge in [-0.15, -0.1) is 0 Å². The number of para-hydroxylation sites is 1. The van der Waals surface area contributed by atoms with Gasteiger partial charge in [0, 0.05) is 24.0 Å². The highest BCUT2D eigenvalue weighted by Crippen LogP contribution is 2.20. The third-order valence-electron chi connectivity index (χ3n) is 2.47. The summed E-state index contributed by atoms with van der Waals surface area (Å²) >= 11 is 0. The fourth-order valence-corrected chi connectivity index (χ4v) is 1.65. The van der Waals surface area contributed by atoms with Crippen molar-refractivity contribution in [2.24, 2.45) is 0 Å². The van der Waals surface area contributed by atoms with Crippen LogP contribution >= 0.6 is 0 Å². The van der Waals surface area contributed by atoms with E-state index in [1.807, 2.05) is 24.3 Å². The van der Waals surface area contributed by atoms with Crippen molar-refractivity contribution in [2.45, 2.75) is 6.92 Å². The van der Waals surface area contributed by atoms with Crippen molar-refractivity contribution in [3.8, 4) is 0 Å². The Hall–Kier alpha value is -2.56. The van der Waals surface area contributed by atoms with Gasteiger partial charge in [-0.05, 0) is 12.1 Å². The van der Waals surface area contributed by atoms with Gasteiger partial charge in [0.1, 0.15) is 0 Å². The summed E-state index contributed by atoms with van der Waals surface area (Å²) in [4.78, 5) is 25.0. The van der Waals surface area contributed by atoms with Crippen LogP contribution in [-0.2, 0) is 9.59 Å². The molecule has 1 aromatic heterocycles. The van der Waals surface area contributed by atoms with Gasteiger partial charge in [-0.1, -0.05) is 18.2 Å². The first-order valence-electron chi connectivity index (χ1n) is 5.36. The summed E-state index contributed by atoms with van der Waals surface area (Å²) in [5, 5.41) is 12.4. The average Bonchev–Trinajstić information content (AvgIpc) is 2.71. The predicted octanol–water partition coefficient (Wildman–Crippen LogP) is 1.73. The van der Waals surface area contributed by atoms with Crippen LogP contribution < -0.4 is 5.32 Å². The molecule has 18 heavy (non-hydrogen) atoms. The molecule has 92 valence electrons. The van der Waals surface area contributed by atoms with Crippen LogP contribution in [0.3, 0.4) is 0 Å². The number of nitrogens with one attached hydrogen (secondary N) is 2. The van der Waals surface area contributed by atoms with Crippen molar-refractivity contribution >= 4 is 28.4 Å². The van der Waals surface area contributed by atoms with Crippen LogP contribution in [0, 0.1) is 0 Å². The van der Waals surface area contributed by atoms with Gasteiger partial charge < -0.3 is 15.4 Å². The lowest BCUT2D eigenvalue weighted by Crippen LogP contribution is -2.14. The summed E-state index contributed by atoms with van der Waals surface area (Å²) in [6.45, 7) is 1.32. The van der Waals surface area contributed by atoms with E-state index in [9.17, 15) is 9.59 Å². The first kappa shape index (κ1) is 11.9. The normalized spacial score (nSPS) is 11.5. The zero-order valence-corrected chi connectivity index (χ0v) is 9.73. The Morgan fingerprint density at radius 1 is 1.33 bits per heavy atom. The number of hydrogen-bond donors (Lipinski definition) is 3. The maximum Gasteiger partial charge on any atom is 0.339 e. The number of benzene rings is 1. The van der Waals surface area contributed by atoms with E-state index in [4.69, 9.17) is 5.11 Å². The van der Waals surface area contributed by atoms with E-state index in [1.165, 1.54) is 13.1 Å². The van der Waals surface area contributed by atoms with Crippen LogP contribution in [0.1, 0.15) is 12.6 Å². The van der Waals surface area contributed by atoms with Gasteiger partial charge in [-0.3, -0.25) is 4.79 Å². The summed E-state index contributed by atoms with van der Waals surface area (Å²) in [5.41, 5.74) is 1.32. The van der Waals surface area contributed by atoms with E-state index in [0.29, 0.717) is 5.69 Å². The molecule has 1 aromatic carbocycles. The van der Waals surface area contributed by atoms with Crippen LogP contribution in [-0.4, -0.2) is 22.0 Å². The molecule has 0 radical (unpaired) electrons. The number of hydrogen-bond acceptors (Lipinski definition) is 2. The monoisotopic (exact) mass is 244 g/mol. The SMILES string of the molecule is CC(=O)NC=C(C(=O)O)c1cc2ccccc2[nH]1. The summed E-state index contributed by atoms with van der Waals surface area (Å²) in [6.07, 6.45) is 1.19. The van der Waals surface area contributed by atoms with E-state index in [0.717, 1.165) is 10.9 Å². The minimum atomic E-state index is -1.10. The Morgan fingerprint density at radius 2 is 2.06 bits per heavy atom. The number of aliphatic carboxylic acids is 1. The summed E-state index contributed by atoms with van der Waals surface area (Å²) in [5.74, 6) is -1.42. The van der Waals surface area contributed by atoms with Gasteiger partial charge in [0.05, 0.1) is 11.3 Å². The highest BCUT2D eigenvalue weighted by Gasteiger charge is 2.13. The van der Waals surface area contributed by atoms with E-state index in [1.54, 1.807) is 6.07 Å². The van der Waals surface area contributed by atoms with Crippen LogP contribution in [0.4, 0.5) is 0 Å². The number of carbonyl (C=O) groups excluding carboxylic acids is 1. The van der Waals surface area contributed by atoms with Gasteiger partial charge in [-0.25, -0.2) is 4.79 Å². The number of carboxylic acid groups (broad SMARTS) is 1. The van der Waals surface area contributed by atoms with Crippen molar-refractivity contribution in [3.05, 3.63) is 42.2 Å². The standard InChI is InChI=1S/C13H12N2O3/c1-8(16)14-7-10(13(17)18)12-6-9-4-2-3-5-11(9)15-12/h2-7,15H,1H3,(H,14,16)(H,17,18). The average molecular weight is 244 g/mol. The van der Waals surface area contributed by atoms with Crippen LogP contribution in [0.2, 0.25) is 0 Å². The molecule has 0 unspecified atom stereocenters. The molecule has 0 spiro atoms. The lowest BCUT2D eigenvalue weighted by Gasteiger charge is -1.99. The van der Waals surface area contributed by atoms with Crippen molar-refractivity contribution in [1.29, 1.82) is 0 Å². The van der Waals surface area contributed by atoms with E-state index >= 15 is 0 Å². The molecule has 5 heteroatoms. The fourth-order valence-electron chi connectivity index (χ4n) is 1.65. The van der Waals surface area contributed by atoms with Crippen LogP contribution in [0.5, 0.6) is 0 Å². The number of H-pyrrole nitrogens is 1. The number of carboxylic acids is 1. The lowest BCUT2D eigenvalue weighted by molar-refractivity contribution is -0.130. The summed E-state index contributed by atoms with van der Waals surface area (Å²) < 4.78 is 0. The number of aromatic nitrogens is 1. The molecule has 0 aliphatic heterocycles. The molecular formula is C13H12N2O3. The number of carbonyl (C=O) groups is 2. The third-order valence-corrected chi connectivity index (χ3v) is 2.47. The van der Waals surface area contributed by atoms with Crippen molar-refractivity contribution < 1.29 is 14.7 Å². The second-order valence-electron chi connectivity index (χ2n) is 3.83. The second-order valence-corrected chi connectivity index (χ2v) is 3.83. The summed E-state index contributed by atoms with van der Waals surface area (Å²) in [7, 11) is 0. The molecule has 1 heterocycles. The highest BCUT2D eigenvalue weighted by atomic mass is 16.4. The maximum absolute atomic E-state index is 11.1. The van der Waals surface area contributed by atoms with Crippen molar-refractivity contribution in [2.75, 3.05) is 0 Å². The van der Waals surface area contributed by atoms with Gasteiger partial charge in [0.15, 0.2) is 0 Å². The van der Waals surface area contributed by atoms with E-state index in [-0.39, 0.29) is 11.5 Å². The third kappa shape index (κ3) is 2.40. The number of amides is 1. The van der Waals surface area contributed by atoms with Gasteiger partial charge >= 0.3 is 5.97 Å². The first-order chi connectivity index (χ1) is 8.58. The van der Waals surface area contributed by atoms with E-state index < -0.39 is 5.97 Å². The number of aromatic amines is 1. The largest absolute Gasteiger partial charge is 0.478 e. The number of rotatable bonds is 3. The second kappa shape index (κ2) is 4.75. The predicted molar refractivity (Wildman–Crippen MR) is 67.7 cm³/mol. The molecule has 0 aliphatic carbocycles. The molecule has 0 saturated heterocycles. The fraction of sp³-hybridized carbons (Fsp3) is 0.0769. The van der Waals surface area contributed by atoms with Gasteiger partial charge in [-0.2, -0.15) is 0 Å². The molecular weight excluding hydrogens is 232 g/mol. The quantitative estimate of drug-likeness (QED) is 0.719. The number of fused-ring (bicyclic) bond motifs is 1. The highest BCUT2D eigenvalue weighted by molar-refractivity contribution is 6.16. The summed E-state index contributed by atoms with van der Waals surface area (Å²) in [6, 6.07) is 9.21. The Balaban J connectivity index is 2.45. The molecule has 0 saturated carbocycles. The molecule has 0 atom stereocenters. The Bertz CT molecular complexity index is 607. The van der Waals surface area contributed by atoms with Crippen LogP contribution in [0.25, 0.3) is 16.5 Å². The molecule has 5 nitrogen and oxygen atoms in total. The molecule has 1 amide bonds. The molecule has 0 fully saturated rings. The van der Waals surface area contributed by atoms with Gasteiger partial charge in [0.25, 0.3) is 0 Å². The minimum absolute atomic E-state index is 0.0152. The van der Waals surface area contributed by atoms with Crippen molar-refractivity contribution in [1.82, 2.24) is 10.3 Å². The lowest BCUT2D eigenvalue weighted by atomic mass is 10.2. The topological polar surface area (TPSA) is 82.2 Å². The van der Waals surface area contributed by atoms with Gasteiger partial charge in [0.2, 0.25) is 5.91 Å². The zero-order chi connectivity index (χ0) is 13.1. The van der Waals surface area contributed by atoms with Crippen LogP contribution in [0.15, 0.2) is 36.5 Å². The smallest absolute Gasteiger partial charge is 0.339 e. The van der Waals surface area contributed by atoms with Crippen molar-refractivity contribution in [3.63, 3.8) is 0 Å². The molecule has 2 rings (SSSR count). The Morgan fingerprint density at radius 3 is 2.67 bits per heavy atom. The molecule has 0 bridgehead atoms. The Kier molecular flexibility index (Phi) is 3.14. The maximum atomic E-state index is 11.1. The minimum Gasteiger partial charge on any atom is -0.478 e. The van der Waals surface area contributed by atoms with E-state index in [2.05, 4.69) is 10.3 Å². The first-order valence-corrected chi connectivity index (χ1v) is 5.36. The molecule has 3 N–H and O–H groups in total. The molecule has 2 aromatic rings. The zero-order valence-electron chi connectivity index (χ0n) is 9.73.